The highest BCUT2D eigenvalue weighted by Crippen LogP contribution is 2.71. The summed E-state index contributed by atoms with van der Waals surface area (Å²) < 4.78 is -0.403. The number of halogens is 4. The van der Waals surface area contributed by atoms with Gasteiger partial charge >= 0.3 is 0 Å². The largest absolute Gasteiger partial charge is 0.146 e. The molecule has 1 saturated carbocycles. The fourth-order valence-corrected chi connectivity index (χ4v) is 3.33. The lowest BCUT2D eigenvalue weighted by atomic mass is 10.5. The predicted octanol–water partition coefficient (Wildman–Crippen LogP) is 3.38. The van der Waals surface area contributed by atoms with E-state index in [-0.39, 0.29) is 1.43 Å². The van der Waals surface area contributed by atoms with E-state index in [4.69, 9.17) is 23.2 Å². The maximum absolute atomic E-state index is 5.83. The topological polar surface area (TPSA) is 0 Å². The third-order valence-corrected chi connectivity index (χ3v) is 7.54. The lowest BCUT2D eigenvalue weighted by Crippen LogP contribution is -1.94. The Morgan fingerprint density at radius 3 is 1.50 bits per heavy atom. The van der Waals surface area contributed by atoms with Crippen molar-refractivity contribution >= 4 is 68.4 Å². The summed E-state index contributed by atoms with van der Waals surface area (Å²) in [6.45, 7) is 2.05. The van der Waals surface area contributed by atoms with Gasteiger partial charge in [0.25, 0.3) is 0 Å². The van der Waals surface area contributed by atoms with Crippen molar-refractivity contribution in [3.05, 3.63) is 0 Å². The van der Waals surface area contributed by atoms with Gasteiger partial charge in [-0.2, -0.15) is 0 Å². The summed E-state index contributed by atoms with van der Waals surface area (Å²) in [7, 11) is 0. The van der Waals surface area contributed by atoms with E-state index in [0.717, 1.165) is 0 Å². The van der Waals surface area contributed by atoms with Gasteiger partial charge < -0.3 is 0 Å². The monoisotopic (exact) mass is 376 g/mol. The van der Waals surface area contributed by atoms with Crippen molar-refractivity contribution in [2.75, 3.05) is 0 Å². The molecular formula is C4H4Cl2I2. The van der Waals surface area contributed by atoms with Crippen LogP contribution in [0.4, 0.5) is 0 Å². The van der Waals surface area contributed by atoms with Crippen LogP contribution in [0.1, 0.15) is 6.92 Å². The fraction of sp³-hybridized carbons (Fsp3) is 1.00. The normalized spacial score (nSPS) is 39.4. The van der Waals surface area contributed by atoms with Crippen molar-refractivity contribution in [2.24, 2.45) is 5.92 Å². The molecule has 1 aliphatic carbocycles. The van der Waals surface area contributed by atoms with E-state index in [1.807, 2.05) is 0 Å². The number of rotatable bonds is 0. The van der Waals surface area contributed by atoms with E-state index in [0.29, 0.717) is 5.92 Å². The smallest absolute Gasteiger partial charge is 0.0989 e. The molecule has 0 bridgehead atoms. The molecule has 8 heavy (non-hydrogen) atoms. The molecular weight excluding hydrogens is 373 g/mol. The molecule has 1 fully saturated rings. The molecule has 0 spiro atoms. The van der Waals surface area contributed by atoms with Gasteiger partial charge in [0, 0.05) is 5.92 Å². The fourth-order valence-electron chi connectivity index (χ4n) is 0.493. The Balaban J connectivity index is 2.72. The molecule has 0 nitrogen and oxygen atoms in total. The van der Waals surface area contributed by atoms with E-state index in [9.17, 15) is 0 Å². The van der Waals surface area contributed by atoms with Crippen LogP contribution in [0, 0.1) is 5.92 Å². The lowest BCUT2D eigenvalue weighted by molar-refractivity contribution is 0.967. The Morgan fingerprint density at radius 2 is 1.50 bits per heavy atom. The summed E-state index contributed by atoms with van der Waals surface area (Å²) in [5.41, 5.74) is 0. The second kappa shape index (κ2) is 2.01. The van der Waals surface area contributed by atoms with Crippen LogP contribution in [0.3, 0.4) is 0 Å². The first-order chi connectivity index (χ1) is 3.40. The first-order valence-electron chi connectivity index (χ1n) is 2.16. The van der Waals surface area contributed by atoms with Gasteiger partial charge in [-0.25, -0.2) is 0 Å². The van der Waals surface area contributed by atoms with Gasteiger partial charge in [0.05, 0.1) is 0 Å². The molecule has 0 aliphatic heterocycles. The van der Waals surface area contributed by atoms with E-state index in [1.165, 1.54) is 0 Å². The molecule has 0 radical (unpaired) electrons. The first-order valence-corrected chi connectivity index (χ1v) is 5.07. The van der Waals surface area contributed by atoms with Crippen LogP contribution in [0.5, 0.6) is 0 Å². The minimum absolute atomic E-state index is 0.0750. The van der Waals surface area contributed by atoms with Gasteiger partial charge in [0.15, 0.2) is 0 Å². The number of hydrogen-bond donors (Lipinski definition) is 0. The van der Waals surface area contributed by atoms with Crippen molar-refractivity contribution in [3.8, 4) is 0 Å². The van der Waals surface area contributed by atoms with Gasteiger partial charge in [-0.1, -0.05) is 75.3 Å². The highest BCUT2D eigenvalue weighted by Gasteiger charge is 2.71. The standard InChI is InChI=1S/C4H4Cl2I2/c1-2-3(5,6)4(2,7)8/h2H,1H3. The minimum Gasteiger partial charge on any atom is -0.0989 e. The van der Waals surface area contributed by atoms with Crippen LogP contribution >= 0.6 is 68.4 Å². The lowest BCUT2D eigenvalue weighted by Gasteiger charge is -1.94. The zero-order valence-corrected chi connectivity index (χ0v) is 9.92. The molecule has 0 saturated heterocycles. The Bertz CT molecular complexity index is 107. The van der Waals surface area contributed by atoms with Crippen LogP contribution in [-0.2, 0) is 0 Å². The summed E-state index contributed by atoms with van der Waals surface area (Å²) in [5, 5.41) is 0. The highest BCUT2D eigenvalue weighted by atomic mass is 127. The molecule has 0 aromatic heterocycles. The SMILES string of the molecule is CC1C(Cl)(Cl)C1(I)I. The third kappa shape index (κ3) is 0.900. The molecule has 0 N–H and O–H groups in total. The quantitative estimate of drug-likeness (QED) is 0.449. The third-order valence-electron chi connectivity index (χ3n) is 1.45. The first kappa shape index (κ1) is 8.14. The Kier molecular flexibility index (Phi) is 2.05. The van der Waals surface area contributed by atoms with Crippen LogP contribution in [-0.4, -0.2) is 5.76 Å². The summed E-state index contributed by atoms with van der Waals surface area (Å²) in [6, 6.07) is 0. The predicted molar refractivity (Wildman–Crippen MR) is 54.4 cm³/mol. The van der Waals surface area contributed by atoms with Gasteiger partial charge in [0.1, 0.15) is 5.76 Å². The van der Waals surface area contributed by atoms with Gasteiger partial charge in [-0.3, -0.25) is 0 Å². The van der Waals surface area contributed by atoms with Crippen molar-refractivity contribution < 1.29 is 0 Å². The molecule has 0 aromatic carbocycles. The summed E-state index contributed by atoms with van der Waals surface area (Å²) in [6.07, 6.45) is 0. The second-order valence-electron chi connectivity index (χ2n) is 1.97. The molecule has 0 heterocycles. The number of hydrogen-bond acceptors (Lipinski definition) is 0. The highest BCUT2D eigenvalue weighted by molar-refractivity contribution is 14.2. The summed E-state index contributed by atoms with van der Waals surface area (Å²) >= 11 is 16.2. The summed E-state index contributed by atoms with van der Waals surface area (Å²) in [5.74, 6) is 0.416. The summed E-state index contributed by atoms with van der Waals surface area (Å²) in [4.78, 5) is 0. The van der Waals surface area contributed by atoms with Gasteiger partial charge in [-0.15, -0.1) is 0 Å². The molecule has 1 aliphatic rings. The molecule has 1 rings (SSSR count). The van der Waals surface area contributed by atoms with Gasteiger partial charge in [0.2, 0.25) is 0 Å². The van der Waals surface area contributed by atoms with Crippen LogP contribution < -0.4 is 0 Å². The van der Waals surface area contributed by atoms with Crippen LogP contribution in [0.2, 0.25) is 0 Å². The van der Waals surface area contributed by atoms with E-state index >= 15 is 0 Å². The van der Waals surface area contributed by atoms with E-state index < -0.39 is 4.33 Å². The molecule has 1 unspecified atom stereocenters. The zero-order valence-electron chi connectivity index (χ0n) is 4.09. The second-order valence-corrected chi connectivity index (χ2v) is 8.82. The van der Waals surface area contributed by atoms with Crippen LogP contribution in [0.25, 0.3) is 0 Å². The Morgan fingerprint density at radius 1 is 1.38 bits per heavy atom. The van der Waals surface area contributed by atoms with E-state index in [1.54, 1.807) is 0 Å². The van der Waals surface area contributed by atoms with Crippen LogP contribution in [0.15, 0.2) is 0 Å². The number of alkyl halides is 4. The maximum atomic E-state index is 5.83. The Labute approximate surface area is 86.0 Å². The van der Waals surface area contributed by atoms with Gasteiger partial charge in [-0.05, 0) is 0 Å². The molecule has 0 amide bonds. The van der Waals surface area contributed by atoms with Crippen molar-refractivity contribution in [2.45, 2.75) is 12.7 Å². The Hall–Kier alpha value is 2.04. The molecule has 48 valence electrons. The minimum atomic E-state index is -0.478. The molecule has 0 aromatic rings. The zero-order chi connectivity index (χ0) is 6.58. The van der Waals surface area contributed by atoms with Crippen molar-refractivity contribution in [1.29, 1.82) is 0 Å². The average Bonchev–Trinajstić information content (AvgIpc) is 1.88. The molecule has 1 atom stereocenters. The average molecular weight is 377 g/mol. The van der Waals surface area contributed by atoms with Crippen molar-refractivity contribution in [3.63, 3.8) is 0 Å². The van der Waals surface area contributed by atoms with Crippen molar-refractivity contribution in [1.82, 2.24) is 0 Å². The molecule has 4 heteroatoms. The van der Waals surface area contributed by atoms with E-state index in [2.05, 4.69) is 52.1 Å². The maximum Gasteiger partial charge on any atom is 0.146 e.